The van der Waals surface area contributed by atoms with E-state index in [0.29, 0.717) is 23.7 Å². The van der Waals surface area contributed by atoms with Crippen molar-refractivity contribution < 1.29 is 4.39 Å². The quantitative estimate of drug-likeness (QED) is 0.755. The highest BCUT2D eigenvalue weighted by molar-refractivity contribution is 5.32. The Balaban J connectivity index is 2.11. The molecule has 1 aliphatic rings. The van der Waals surface area contributed by atoms with E-state index in [1.165, 1.54) is 18.9 Å². The van der Waals surface area contributed by atoms with E-state index < -0.39 is 0 Å². The highest BCUT2D eigenvalue weighted by atomic mass is 19.1. The van der Waals surface area contributed by atoms with Crippen molar-refractivity contribution in [3.63, 3.8) is 0 Å². The molecular weight excluding hydrogens is 191 g/mol. The lowest BCUT2D eigenvalue weighted by molar-refractivity contribution is 0.311. The number of rotatable bonds is 3. The molecule has 0 unspecified atom stereocenters. The van der Waals surface area contributed by atoms with Gasteiger partial charge in [0.15, 0.2) is 0 Å². The topological polar surface area (TPSA) is 27.0 Å². The van der Waals surface area contributed by atoms with E-state index in [9.17, 15) is 4.39 Å². The monoisotopic (exact) mass is 204 g/mol. The fraction of sp³-hybridized carbons (Fsp3) is 0.417. The molecular formula is C12H13FN2. The van der Waals surface area contributed by atoms with Gasteiger partial charge in [-0.1, -0.05) is 6.07 Å². The molecule has 0 saturated heterocycles. The molecule has 1 aromatic rings. The lowest BCUT2D eigenvalue weighted by atomic mass is 10.1. The molecule has 0 spiro atoms. The molecule has 0 radical (unpaired) electrons. The molecule has 1 aliphatic carbocycles. The van der Waals surface area contributed by atoms with E-state index in [0.717, 1.165) is 0 Å². The largest absolute Gasteiger partial charge is 0.299 e. The predicted molar refractivity (Wildman–Crippen MR) is 55.6 cm³/mol. The fourth-order valence-corrected chi connectivity index (χ4v) is 1.66. The first-order chi connectivity index (χ1) is 7.20. The molecule has 0 N–H and O–H groups in total. The van der Waals surface area contributed by atoms with Gasteiger partial charge in [-0.25, -0.2) is 4.39 Å². The van der Waals surface area contributed by atoms with Gasteiger partial charge in [0, 0.05) is 18.2 Å². The summed E-state index contributed by atoms with van der Waals surface area (Å²) >= 11 is 0. The molecule has 1 fully saturated rings. The first-order valence-corrected chi connectivity index (χ1v) is 5.09. The van der Waals surface area contributed by atoms with Gasteiger partial charge in [-0.2, -0.15) is 5.26 Å². The summed E-state index contributed by atoms with van der Waals surface area (Å²) in [7, 11) is 2.01. The third-order valence-corrected chi connectivity index (χ3v) is 2.77. The van der Waals surface area contributed by atoms with Crippen LogP contribution in [0.5, 0.6) is 0 Å². The van der Waals surface area contributed by atoms with Crippen LogP contribution in [-0.2, 0) is 6.54 Å². The first-order valence-electron chi connectivity index (χ1n) is 5.09. The summed E-state index contributed by atoms with van der Waals surface area (Å²) in [6.07, 6.45) is 2.43. The molecule has 1 aromatic carbocycles. The number of benzene rings is 1. The second-order valence-electron chi connectivity index (χ2n) is 4.06. The third kappa shape index (κ3) is 2.34. The minimum absolute atomic E-state index is 0.276. The molecule has 0 heterocycles. The Morgan fingerprint density at radius 2 is 2.27 bits per heavy atom. The van der Waals surface area contributed by atoms with Crippen molar-refractivity contribution in [2.24, 2.45) is 0 Å². The number of nitrogens with zero attached hydrogens (tertiary/aromatic N) is 2. The summed E-state index contributed by atoms with van der Waals surface area (Å²) in [5.41, 5.74) is 1.05. The van der Waals surface area contributed by atoms with Gasteiger partial charge in [0.25, 0.3) is 0 Å². The Kier molecular flexibility index (Phi) is 2.70. The van der Waals surface area contributed by atoms with Gasteiger partial charge < -0.3 is 0 Å². The molecule has 2 nitrogen and oxygen atoms in total. The molecule has 0 aliphatic heterocycles. The van der Waals surface area contributed by atoms with E-state index >= 15 is 0 Å². The van der Waals surface area contributed by atoms with Crippen LogP contribution >= 0.6 is 0 Å². The first kappa shape index (κ1) is 10.1. The smallest absolute Gasteiger partial charge is 0.129 e. The third-order valence-electron chi connectivity index (χ3n) is 2.77. The molecule has 15 heavy (non-hydrogen) atoms. The Hall–Kier alpha value is -1.40. The minimum atomic E-state index is -0.276. The van der Waals surface area contributed by atoms with Crippen LogP contribution in [0, 0.1) is 17.1 Å². The lowest BCUT2D eigenvalue weighted by Gasteiger charge is -2.15. The van der Waals surface area contributed by atoms with Crippen LogP contribution in [0.25, 0.3) is 0 Å². The van der Waals surface area contributed by atoms with E-state index in [1.54, 1.807) is 12.1 Å². The summed E-state index contributed by atoms with van der Waals surface area (Å²) in [5.74, 6) is -0.276. The molecule has 1 saturated carbocycles. The zero-order valence-electron chi connectivity index (χ0n) is 8.70. The van der Waals surface area contributed by atoms with Gasteiger partial charge in [-0.05, 0) is 32.0 Å². The molecule has 0 atom stereocenters. The Bertz CT molecular complexity index is 405. The summed E-state index contributed by atoms with van der Waals surface area (Å²) in [6, 6.07) is 7.22. The van der Waals surface area contributed by atoms with E-state index in [4.69, 9.17) is 5.26 Å². The zero-order chi connectivity index (χ0) is 10.8. The maximum atomic E-state index is 13.5. The Morgan fingerprint density at radius 1 is 1.53 bits per heavy atom. The van der Waals surface area contributed by atoms with Crippen molar-refractivity contribution in [3.05, 3.63) is 35.1 Å². The Morgan fingerprint density at radius 3 is 2.80 bits per heavy atom. The predicted octanol–water partition coefficient (Wildman–Crippen LogP) is 2.29. The van der Waals surface area contributed by atoms with E-state index in [2.05, 4.69) is 4.90 Å². The highest BCUT2D eigenvalue weighted by Gasteiger charge is 2.26. The summed E-state index contributed by atoms with van der Waals surface area (Å²) in [4.78, 5) is 2.16. The van der Waals surface area contributed by atoms with Crippen LogP contribution in [-0.4, -0.2) is 18.0 Å². The SMILES string of the molecule is CN(Cc1ccc(C#N)cc1F)C1CC1. The van der Waals surface area contributed by atoms with Crippen molar-refractivity contribution in [1.29, 1.82) is 5.26 Å². The van der Waals surface area contributed by atoms with Gasteiger partial charge in [0.05, 0.1) is 11.6 Å². The molecule has 0 aromatic heterocycles. The molecule has 2 rings (SSSR count). The van der Waals surface area contributed by atoms with E-state index in [1.807, 2.05) is 13.1 Å². The van der Waals surface area contributed by atoms with Crippen molar-refractivity contribution in [2.45, 2.75) is 25.4 Å². The molecule has 78 valence electrons. The van der Waals surface area contributed by atoms with Gasteiger partial charge in [-0.3, -0.25) is 4.90 Å². The van der Waals surface area contributed by atoms with Crippen molar-refractivity contribution in [3.8, 4) is 6.07 Å². The van der Waals surface area contributed by atoms with Gasteiger partial charge in [0.1, 0.15) is 5.82 Å². The van der Waals surface area contributed by atoms with Gasteiger partial charge in [0.2, 0.25) is 0 Å². The van der Waals surface area contributed by atoms with Crippen molar-refractivity contribution in [1.82, 2.24) is 4.90 Å². The van der Waals surface area contributed by atoms with Crippen LogP contribution in [0.4, 0.5) is 4.39 Å². The van der Waals surface area contributed by atoms with Crippen LogP contribution in [0.1, 0.15) is 24.0 Å². The van der Waals surface area contributed by atoms with Gasteiger partial charge in [-0.15, -0.1) is 0 Å². The molecule has 0 amide bonds. The average Bonchev–Trinajstić information content (AvgIpc) is 3.04. The standard InChI is InChI=1S/C12H13FN2/c1-15(11-4-5-11)8-10-3-2-9(7-14)6-12(10)13/h2-3,6,11H,4-5,8H2,1H3. The summed E-state index contributed by atoms with van der Waals surface area (Å²) < 4.78 is 13.5. The minimum Gasteiger partial charge on any atom is -0.299 e. The van der Waals surface area contributed by atoms with Crippen LogP contribution in [0.2, 0.25) is 0 Å². The van der Waals surface area contributed by atoms with Crippen molar-refractivity contribution >= 4 is 0 Å². The molecule has 3 heteroatoms. The second kappa shape index (κ2) is 4.00. The zero-order valence-corrected chi connectivity index (χ0v) is 8.70. The fourth-order valence-electron chi connectivity index (χ4n) is 1.66. The second-order valence-corrected chi connectivity index (χ2v) is 4.06. The number of hydrogen-bond acceptors (Lipinski definition) is 2. The number of nitriles is 1. The molecule has 0 bridgehead atoms. The summed E-state index contributed by atoms with van der Waals surface area (Å²) in [6.45, 7) is 0.627. The average molecular weight is 204 g/mol. The lowest BCUT2D eigenvalue weighted by Crippen LogP contribution is -2.20. The van der Waals surface area contributed by atoms with Crippen LogP contribution in [0.3, 0.4) is 0 Å². The number of halogens is 1. The number of hydrogen-bond donors (Lipinski definition) is 0. The normalized spacial score (nSPS) is 15.3. The highest BCUT2D eigenvalue weighted by Crippen LogP contribution is 2.27. The maximum absolute atomic E-state index is 13.5. The maximum Gasteiger partial charge on any atom is 0.129 e. The van der Waals surface area contributed by atoms with Gasteiger partial charge >= 0.3 is 0 Å². The van der Waals surface area contributed by atoms with Crippen LogP contribution in [0.15, 0.2) is 18.2 Å². The summed E-state index contributed by atoms with van der Waals surface area (Å²) in [5, 5.41) is 8.61. The van der Waals surface area contributed by atoms with Crippen LogP contribution < -0.4 is 0 Å². The Labute approximate surface area is 88.9 Å². The van der Waals surface area contributed by atoms with E-state index in [-0.39, 0.29) is 5.82 Å². The van der Waals surface area contributed by atoms with Crippen molar-refractivity contribution in [2.75, 3.05) is 7.05 Å².